The van der Waals surface area contributed by atoms with Crippen LogP contribution in [-0.2, 0) is 4.79 Å². The lowest BCUT2D eigenvalue weighted by Gasteiger charge is -2.26. The average molecular weight is 183 g/mol. The Labute approximate surface area is 78.5 Å². The van der Waals surface area contributed by atoms with Gasteiger partial charge in [-0.25, -0.2) is 0 Å². The van der Waals surface area contributed by atoms with Gasteiger partial charge in [-0.05, 0) is 38.5 Å². The number of hydrogen-bond donors (Lipinski definition) is 2. The molecule has 2 aliphatic rings. The Morgan fingerprint density at radius 1 is 1.23 bits per heavy atom. The number of aliphatic hydroxyl groups excluding tert-OH is 1. The van der Waals surface area contributed by atoms with Crippen molar-refractivity contribution in [3.8, 4) is 0 Å². The van der Waals surface area contributed by atoms with Crippen molar-refractivity contribution in [3.05, 3.63) is 0 Å². The minimum atomic E-state index is -0.196. The molecule has 0 aromatic heterocycles. The summed E-state index contributed by atoms with van der Waals surface area (Å²) >= 11 is 0. The molecule has 1 amide bonds. The van der Waals surface area contributed by atoms with Gasteiger partial charge in [0.1, 0.15) is 0 Å². The SMILES string of the molecule is O=C(N[C@@H]1CCC[C@H](O)C1)C1CC1. The van der Waals surface area contributed by atoms with Gasteiger partial charge in [0.2, 0.25) is 5.91 Å². The predicted octanol–water partition coefficient (Wildman–Crippen LogP) is 0.816. The highest BCUT2D eigenvalue weighted by Gasteiger charge is 2.31. The second-order valence-electron chi connectivity index (χ2n) is 4.30. The molecule has 2 rings (SSSR count). The molecule has 0 radical (unpaired) electrons. The minimum Gasteiger partial charge on any atom is -0.393 e. The summed E-state index contributed by atoms with van der Waals surface area (Å²) in [5, 5.41) is 12.4. The van der Waals surface area contributed by atoms with E-state index in [9.17, 15) is 9.90 Å². The summed E-state index contributed by atoms with van der Waals surface area (Å²) in [6, 6.07) is 0.233. The number of hydrogen-bond acceptors (Lipinski definition) is 2. The molecule has 3 nitrogen and oxygen atoms in total. The van der Waals surface area contributed by atoms with Gasteiger partial charge < -0.3 is 10.4 Å². The lowest BCUT2D eigenvalue weighted by Crippen LogP contribution is -2.40. The molecule has 13 heavy (non-hydrogen) atoms. The molecule has 0 unspecified atom stereocenters. The number of nitrogens with one attached hydrogen (secondary N) is 1. The summed E-state index contributed by atoms with van der Waals surface area (Å²) in [4.78, 5) is 11.4. The van der Waals surface area contributed by atoms with E-state index in [4.69, 9.17) is 0 Å². The molecule has 2 atom stereocenters. The van der Waals surface area contributed by atoms with Crippen molar-refractivity contribution < 1.29 is 9.90 Å². The molecule has 2 N–H and O–H groups in total. The van der Waals surface area contributed by atoms with E-state index in [-0.39, 0.29) is 18.1 Å². The molecule has 0 saturated heterocycles. The fourth-order valence-corrected chi connectivity index (χ4v) is 1.96. The number of carbonyl (C=O) groups is 1. The topological polar surface area (TPSA) is 49.3 Å². The van der Waals surface area contributed by atoms with Gasteiger partial charge in [0.15, 0.2) is 0 Å². The van der Waals surface area contributed by atoms with Crippen LogP contribution in [0.15, 0.2) is 0 Å². The molecule has 2 aliphatic carbocycles. The largest absolute Gasteiger partial charge is 0.393 e. The zero-order valence-electron chi connectivity index (χ0n) is 7.83. The van der Waals surface area contributed by atoms with E-state index in [0.29, 0.717) is 5.92 Å². The van der Waals surface area contributed by atoms with Gasteiger partial charge >= 0.3 is 0 Å². The Balaban J connectivity index is 1.76. The summed E-state index contributed by atoms with van der Waals surface area (Å²) in [5.41, 5.74) is 0. The van der Waals surface area contributed by atoms with Crippen LogP contribution in [0.3, 0.4) is 0 Å². The molecule has 0 heterocycles. The number of amides is 1. The zero-order chi connectivity index (χ0) is 9.26. The minimum absolute atomic E-state index is 0.196. The molecule has 2 saturated carbocycles. The van der Waals surface area contributed by atoms with Crippen LogP contribution in [-0.4, -0.2) is 23.2 Å². The molecular weight excluding hydrogens is 166 g/mol. The molecule has 3 heteroatoms. The van der Waals surface area contributed by atoms with Gasteiger partial charge in [-0.2, -0.15) is 0 Å². The zero-order valence-corrected chi connectivity index (χ0v) is 7.83. The molecule has 0 aromatic rings. The van der Waals surface area contributed by atoms with Crippen LogP contribution in [0.5, 0.6) is 0 Å². The van der Waals surface area contributed by atoms with Gasteiger partial charge in [-0.15, -0.1) is 0 Å². The van der Waals surface area contributed by atoms with Crippen LogP contribution in [0.4, 0.5) is 0 Å². The van der Waals surface area contributed by atoms with Crippen molar-refractivity contribution in [1.82, 2.24) is 5.32 Å². The third-order valence-corrected chi connectivity index (χ3v) is 2.94. The van der Waals surface area contributed by atoms with Crippen molar-refractivity contribution >= 4 is 5.91 Å². The fourth-order valence-electron chi connectivity index (χ4n) is 1.96. The first-order valence-corrected chi connectivity index (χ1v) is 5.24. The predicted molar refractivity (Wildman–Crippen MR) is 49.1 cm³/mol. The van der Waals surface area contributed by atoms with Crippen molar-refractivity contribution in [3.63, 3.8) is 0 Å². The molecule has 0 bridgehead atoms. The molecule has 74 valence electrons. The first-order valence-electron chi connectivity index (χ1n) is 5.24. The molecule has 0 aromatic carbocycles. The van der Waals surface area contributed by atoms with E-state index < -0.39 is 0 Å². The number of carbonyl (C=O) groups excluding carboxylic acids is 1. The normalized spacial score (nSPS) is 34.2. The lowest BCUT2D eigenvalue weighted by atomic mass is 9.93. The van der Waals surface area contributed by atoms with Crippen LogP contribution in [0, 0.1) is 5.92 Å². The van der Waals surface area contributed by atoms with Gasteiger partial charge in [-0.1, -0.05) is 0 Å². The number of aliphatic hydroxyl groups is 1. The third-order valence-electron chi connectivity index (χ3n) is 2.94. The molecular formula is C10H17NO2. The Bertz CT molecular complexity index is 201. The summed E-state index contributed by atoms with van der Waals surface area (Å²) in [6.07, 6.45) is 5.64. The smallest absolute Gasteiger partial charge is 0.223 e. The first-order chi connectivity index (χ1) is 6.25. The Kier molecular flexibility index (Phi) is 2.54. The van der Waals surface area contributed by atoms with Crippen LogP contribution in [0.25, 0.3) is 0 Å². The fraction of sp³-hybridized carbons (Fsp3) is 0.900. The quantitative estimate of drug-likeness (QED) is 0.665. The first kappa shape index (κ1) is 9.00. The maximum Gasteiger partial charge on any atom is 0.223 e. The summed E-state index contributed by atoms with van der Waals surface area (Å²) in [7, 11) is 0. The summed E-state index contributed by atoms with van der Waals surface area (Å²) < 4.78 is 0. The Morgan fingerprint density at radius 3 is 2.62 bits per heavy atom. The third kappa shape index (κ3) is 2.44. The van der Waals surface area contributed by atoms with Gasteiger partial charge in [0.25, 0.3) is 0 Å². The van der Waals surface area contributed by atoms with E-state index in [0.717, 1.165) is 38.5 Å². The van der Waals surface area contributed by atoms with E-state index in [2.05, 4.69) is 5.32 Å². The van der Waals surface area contributed by atoms with E-state index in [1.54, 1.807) is 0 Å². The van der Waals surface area contributed by atoms with Crippen LogP contribution >= 0.6 is 0 Å². The standard InChI is InChI=1S/C10H17NO2/c12-9-3-1-2-8(6-9)11-10(13)7-4-5-7/h7-9,12H,1-6H2,(H,11,13)/t8-,9+/m1/s1. The molecule has 2 fully saturated rings. The van der Waals surface area contributed by atoms with Crippen LogP contribution in [0.2, 0.25) is 0 Å². The Hall–Kier alpha value is -0.570. The average Bonchev–Trinajstić information content (AvgIpc) is 2.85. The highest BCUT2D eigenvalue weighted by Crippen LogP contribution is 2.29. The Morgan fingerprint density at radius 2 is 2.00 bits per heavy atom. The van der Waals surface area contributed by atoms with Gasteiger partial charge in [-0.3, -0.25) is 4.79 Å². The monoisotopic (exact) mass is 183 g/mol. The highest BCUT2D eigenvalue weighted by molar-refractivity contribution is 5.81. The van der Waals surface area contributed by atoms with Crippen LogP contribution in [0.1, 0.15) is 38.5 Å². The van der Waals surface area contributed by atoms with E-state index in [1.807, 2.05) is 0 Å². The lowest BCUT2D eigenvalue weighted by molar-refractivity contribution is -0.123. The summed E-state index contributed by atoms with van der Waals surface area (Å²) in [5.74, 6) is 0.498. The molecule has 0 aliphatic heterocycles. The van der Waals surface area contributed by atoms with Crippen molar-refractivity contribution in [2.45, 2.75) is 50.7 Å². The maximum atomic E-state index is 11.4. The summed E-state index contributed by atoms with van der Waals surface area (Å²) in [6.45, 7) is 0. The maximum absolute atomic E-state index is 11.4. The highest BCUT2D eigenvalue weighted by atomic mass is 16.3. The van der Waals surface area contributed by atoms with Gasteiger partial charge in [0, 0.05) is 12.0 Å². The second kappa shape index (κ2) is 3.66. The van der Waals surface area contributed by atoms with Crippen LogP contribution < -0.4 is 5.32 Å². The van der Waals surface area contributed by atoms with Crippen molar-refractivity contribution in [2.75, 3.05) is 0 Å². The molecule has 0 spiro atoms. The second-order valence-corrected chi connectivity index (χ2v) is 4.30. The van der Waals surface area contributed by atoms with Gasteiger partial charge in [0.05, 0.1) is 6.10 Å². The van der Waals surface area contributed by atoms with E-state index >= 15 is 0 Å². The van der Waals surface area contributed by atoms with Crippen molar-refractivity contribution in [1.29, 1.82) is 0 Å². The number of rotatable bonds is 2. The van der Waals surface area contributed by atoms with Crippen molar-refractivity contribution in [2.24, 2.45) is 5.92 Å². The van der Waals surface area contributed by atoms with E-state index in [1.165, 1.54) is 0 Å².